The summed E-state index contributed by atoms with van der Waals surface area (Å²) in [6.07, 6.45) is 8.02. The fraction of sp³-hybridized carbons (Fsp3) is 1.00. The summed E-state index contributed by atoms with van der Waals surface area (Å²) in [5.74, 6) is 0.875. The fourth-order valence-electron chi connectivity index (χ4n) is 3.05. The van der Waals surface area contributed by atoms with Crippen molar-refractivity contribution in [3.8, 4) is 0 Å². The highest BCUT2D eigenvalue weighted by Crippen LogP contribution is 2.27. The molecule has 0 heterocycles. The molecule has 0 aromatic heterocycles. The lowest BCUT2D eigenvalue weighted by Crippen LogP contribution is -2.47. The number of likely N-dealkylation sites (N-methyl/N-ethyl adjacent to an activating group) is 1. The fourth-order valence-corrected chi connectivity index (χ4v) is 3.05. The van der Waals surface area contributed by atoms with Crippen LogP contribution in [0.5, 0.6) is 0 Å². The van der Waals surface area contributed by atoms with Gasteiger partial charge in [0.1, 0.15) is 0 Å². The molecule has 3 nitrogen and oxygen atoms in total. The molecule has 100 valence electrons. The third-order valence-electron chi connectivity index (χ3n) is 4.31. The van der Waals surface area contributed by atoms with E-state index in [-0.39, 0.29) is 12.6 Å². The van der Waals surface area contributed by atoms with Crippen LogP contribution in [0.2, 0.25) is 0 Å². The normalized spacial score (nSPS) is 31.8. The van der Waals surface area contributed by atoms with Gasteiger partial charge in [0.2, 0.25) is 0 Å². The quantitative estimate of drug-likeness (QED) is 0.740. The molecule has 2 saturated carbocycles. The van der Waals surface area contributed by atoms with Crippen molar-refractivity contribution in [3.63, 3.8) is 0 Å². The number of hydrogen-bond acceptors (Lipinski definition) is 3. The van der Waals surface area contributed by atoms with Crippen LogP contribution >= 0.6 is 0 Å². The molecule has 3 unspecified atom stereocenters. The standard InChI is InChI=1S/C14H28N2O/c1-11-4-3-5-14(8-11)16(2)9-13(10-17)15-12-6-7-12/h11-15,17H,3-10H2,1-2H3. The largest absolute Gasteiger partial charge is 0.395 e. The first-order valence-electron chi connectivity index (χ1n) is 7.26. The Bertz CT molecular complexity index is 230. The highest BCUT2D eigenvalue weighted by Gasteiger charge is 2.27. The third-order valence-corrected chi connectivity index (χ3v) is 4.31. The van der Waals surface area contributed by atoms with E-state index >= 15 is 0 Å². The van der Waals surface area contributed by atoms with Crippen molar-refractivity contribution in [1.82, 2.24) is 10.2 Å². The van der Waals surface area contributed by atoms with Crippen LogP contribution in [0, 0.1) is 5.92 Å². The second-order valence-electron chi connectivity index (χ2n) is 6.19. The van der Waals surface area contributed by atoms with Crippen molar-refractivity contribution >= 4 is 0 Å². The number of nitrogens with one attached hydrogen (secondary N) is 1. The van der Waals surface area contributed by atoms with Crippen LogP contribution in [0.4, 0.5) is 0 Å². The van der Waals surface area contributed by atoms with Gasteiger partial charge in [0, 0.05) is 24.7 Å². The van der Waals surface area contributed by atoms with E-state index < -0.39 is 0 Å². The number of rotatable bonds is 6. The molecule has 0 amide bonds. The average Bonchev–Trinajstić information content (AvgIpc) is 3.12. The molecule has 0 aromatic carbocycles. The molecule has 2 fully saturated rings. The summed E-state index contributed by atoms with van der Waals surface area (Å²) in [6.45, 7) is 3.62. The lowest BCUT2D eigenvalue weighted by Gasteiger charge is -2.36. The van der Waals surface area contributed by atoms with Crippen molar-refractivity contribution in [1.29, 1.82) is 0 Å². The maximum Gasteiger partial charge on any atom is 0.0597 e. The molecule has 3 heteroatoms. The van der Waals surface area contributed by atoms with Gasteiger partial charge in [-0.25, -0.2) is 0 Å². The predicted octanol–water partition coefficient (Wildman–Crippen LogP) is 1.61. The predicted molar refractivity (Wildman–Crippen MR) is 71.1 cm³/mol. The molecule has 0 radical (unpaired) electrons. The number of aliphatic hydroxyl groups excluding tert-OH is 1. The van der Waals surface area contributed by atoms with Gasteiger partial charge in [-0.15, -0.1) is 0 Å². The van der Waals surface area contributed by atoms with Gasteiger partial charge in [-0.2, -0.15) is 0 Å². The van der Waals surface area contributed by atoms with Gasteiger partial charge in [-0.1, -0.05) is 19.8 Å². The van der Waals surface area contributed by atoms with Crippen LogP contribution in [-0.2, 0) is 0 Å². The van der Waals surface area contributed by atoms with Gasteiger partial charge >= 0.3 is 0 Å². The first-order valence-corrected chi connectivity index (χ1v) is 7.26. The number of aliphatic hydroxyl groups is 1. The van der Waals surface area contributed by atoms with Gasteiger partial charge in [0.15, 0.2) is 0 Å². The van der Waals surface area contributed by atoms with Gasteiger partial charge in [-0.3, -0.25) is 0 Å². The van der Waals surface area contributed by atoms with Crippen LogP contribution in [-0.4, -0.2) is 48.3 Å². The van der Waals surface area contributed by atoms with E-state index in [1.807, 2.05) is 0 Å². The SMILES string of the molecule is CC1CCCC(N(C)CC(CO)NC2CC2)C1. The van der Waals surface area contributed by atoms with Crippen LogP contribution in [0.25, 0.3) is 0 Å². The summed E-state index contributed by atoms with van der Waals surface area (Å²) in [5, 5.41) is 12.9. The Morgan fingerprint density at radius 3 is 2.65 bits per heavy atom. The first kappa shape index (κ1) is 13.3. The Balaban J connectivity index is 1.75. The molecular formula is C14H28N2O. The maximum atomic E-state index is 9.41. The highest BCUT2D eigenvalue weighted by atomic mass is 16.3. The molecule has 2 N–H and O–H groups in total. The van der Waals surface area contributed by atoms with Crippen molar-refractivity contribution in [2.24, 2.45) is 5.92 Å². The molecule has 0 aliphatic heterocycles. The number of hydrogen-bond donors (Lipinski definition) is 2. The molecule has 2 aliphatic rings. The minimum absolute atomic E-state index is 0.267. The molecular weight excluding hydrogens is 212 g/mol. The van der Waals surface area contributed by atoms with Crippen molar-refractivity contribution < 1.29 is 5.11 Å². The van der Waals surface area contributed by atoms with Gasteiger partial charge < -0.3 is 15.3 Å². The van der Waals surface area contributed by atoms with E-state index in [1.165, 1.54) is 38.5 Å². The molecule has 3 atom stereocenters. The Hall–Kier alpha value is -0.120. The summed E-state index contributed by atoms with van der Waals surface area (Å²) in [4.78, 5) is 2.46. The second kappa shape index (κ2) is 6.17. The van der Waals surface area contributed by atoms with E-state index in [4.69, 9.17) is 0 Å². The van der Waals surface area contributed by atoms with Crippen molar-refractivity contribution in [2.45, 2.75) is 63.6 Å². The lowest BCUT2D eigenvalue weighted by molar-refractivity contribution is 0.130. The minimum atomic E-state index is 0.267. The second-order valence-corrected chi connectivity index (χ2v) is 6.19. The molecule has 2 rings (SSSR count). The monoisotopic (exact) mass is 240 g/mol. The van der Waals surface area contributed by atoms with Gasteiger partial charge in [0.05, 0.1) is 6.61 Å². The van der Waals surface area contributed by atoms with Crippen molar-refractivity contribution in [2.75, 3.05) is 20.2 Å². The summed E-state index contributed by atoms with van der Waals surface area (Å²) >= 11 is 0. The summed E-state index contributed by atoms with van der Waals surface area (Å²) < 4.78 is 0. The molecule has 0 spiro atoms. The molecule has 0 aromatic rings. The molecule has 0 saturated heterocycles. The molecule has 0 bridgehead atoms. The minimum Gasteiger partial charge on any atom is -0.395 e. The zero-order valence-electron chi connectivity index (χ0n) is 11.4. The van der Waals surface area contributed by atoms with E-state index in [2.05, 4.69) is 24.2 Å². The Morgan fingerprint density at radius 2 is 2.06 bits per heavy atom. The van der Waals surface area contributed by atoms with Crippen LogP contribution in [0.15, 0.2) is 0 Å². The summed E-state index contributed by atoms with van der Waals surface area (Å²) in [6, 6.07) is 1.68. The van der Waals surface area contributed by atoms with E-state index in [0.29, 0.717) is 6.04 Å². The van der Waals surface area contributed by atoms with Crippen LogP contribution in [0.3, 0.4) is 0 Å². The molecule has 17 heavy (non-hydrogen) atoms. The molecule has 2 aliphatic carbocycles. The first-order chi connectivity index (χ1) is 8.19. The van der Waals surface area contributed by atoms with Gasteiger partial charge in [-0.05, 0) is 38.6 Å². The summed E-state index contributed by atoms with van der Waals surface area (Å²) in [7, 11) is 2.22. The van der Waals surface area contributed by atoms with Crippen LogP contribution in [0.1, 0.15) is 45.4 Å². The zero-order valence-corrected chi connectivity index (χ0v) is 11.4. The zero-order chi connectivity index (χ0) is 12.3. The highest BCUT2D eigenvalue weighted by molar-refractivity contribution is 4.87. The van der Waals surface area contributed by atoms with E-state index in [0.717, 1.165) is 18.5 Å². The van der Waals surface area contributed by atoms with Gasteiger partial charge in [0.25, 0.3) is 0 Å². The smallest absolute Gasteiger partial charge is 0.0597 e. The van der Waals surface area contributed by atoms with E-state index in [9.17, 15) is 5.11 Å². The third kappa shape index (κ3) is 4.23. The topological polar surface area (TPSA) is 35.5 Å². The van der Waals surface area contributed by atoms with Crippen LogP contribution < -0.4 is 5.32 Å². The Labute approximate surface area is 106 Å². The van der Waals surface area contributed by atoms with Crippen molar-refractivity contribution in [3.05, 3.63) is 0 Å². The lowest BCUT2D eigenvalue weighted by atomic mass is 9.86. The Morgan fingerprint density at radius 1 is 1.29 bits per heavy atom. The maximum absolute atomic E-state index is 9.41. The average molecular weight is 240 g/mol. The Kier molecular flexibility index (Phi) is 4.83. The summed E-state index contributed by atoms with van der Waals surface area (Å²) in [5.41, 5.74) is 0. The van der Waals surface area contributed by atoms with E-state index in [1.54, 1.807) is 0 Å². The number of nitrogens with zero attached hydrogens (tertiary/aromatic N) is 1.